The molecular weight excluding hydrogens is 408 g/mol. The van der Waals surface area contributed by atoms with E-state index in [2.05, 4.69) is 5.32 Å². The van der Waals surface area contributed by atoms with Crippen molar-refractivity contribution in [2.24, 2.45) is 0 Å². The number of hydrogen-bond donors (Lipinski definition) is 1. The van der Waals surface area contributed by atoms with Gasteiger partial charge in [-0.15, -0.1) is 0 Å². The highest BCUT2D eigenvalue weighted by Gasteiger charge is 2.45. The van der Waals surface area contributed by atoms with Crippen molar-refractivity contribution in [3.05, 3.63) is 64.7 Å². The van der Waals surface area contributed by atoms with Crippen LogP contribution in [-0.4, -0.2) is 31.7 Å². The van der Waals surface area contributed by atoms with Crippen LogP contribution in [0.15, 0.2) is 53.4 Å². The van der Waals surface area contributed by atoms with Gasteiger partial charge in [-0.2, -0.15) is 4.31 Å². The van der Waals surface area contributed by atoms with E-state index in [4.69, 9.17) is 11.6 Å². The molecule has 0 aromatic heterocycles. The number of carbonyl (C=O) groups excluding carboxylic acids is 1. The van der Waals surface area contributed by atoms with Crippen LogP contribution in [0.4, 0.5) is 0 Å². The minimum atomic E-state index is -3.41. The highest BCUT2D eigenvalue weighted by Crippen LogP contribution is 2.44. The Morgan fingerprint density at radius 3 is 2.31 bits per heavy atom. The largest absolute Gasteiger partial charge is 0.351 e. The Bertz CT molecular complexity index is 995. The molecule has 0 radical (unpaired) electrons. The molecule has 4 rings (SSSR count). The molecule has 154 valence electrons. The van der Waals surface area contributed by atoms with Crippen LogP contribution in [0.3, 0.4) is 0 Å². The van der Waals surface area contributed by atoms with Gasteiger partial charge in [0.15, 0.2) is 0 Å². The van der Waals surface area contributed by atoms with E-state index in [0.29, 0.717) is 29.6 Å². The fourth-order valence-corrected chi connectivity index (χ4v) is 5.88. The number of hydrogen-bond acceptors (Lipinski definition) is 3. The number of halogens is 1. The summed E-state index contributed by atoms with van der Waals surface area (Å²) in [6.45, 7) is 1.54. The maximum atomic E-state index is 13.0. The first-order chi connectivity index (χ1) is 13.9. The van der Waals surface area contributed by atoms with Gasteiger partial charge >= 0.3 is 0 Å². The van der Waals surface area contributed by atoms with Crippen molar-refractivity contribution in [2.45, 2.75) is 49.0 Å². The van der Waals surface area contributed by atoms with Gasteiger partial charge in [-0.25, -0.2) is 8.42 Å². The molecule has 1 heterocycles. The second kappa shape index (κ2) is 8.09. The van der Waals surface area contributed by atoms with E-state index in [0.717, 1.165) is 43.2 Å². The zero-order valence-electron chi connectivity index (χ0n) is 16.2. The average Bonchev–Trinajstić information content (AvgIpc) is 3.22. The predicted octanol–water partition coefficient (Wildman–Crippen LogP) is 3.86. The summed E-state index contributed by atoms with van der Waals surface area (Å²) in [5.41, 5.74) is 1.32. The van der Waals surface area contributed by atoms with E-state index in [1.807, 2.05) is 24.3 Å². The first-order valence-electron chi connectivity index (χ1n) is 10.1. The van der Waals surface area contributed by atoms with Gasteiger partial charge in [0, 0.05) is 24.7 Å². The van der Waals surface area contributed by atoms with Gasteiger partial charge in [0.05, 0.1) is 10.3 Å². The topological polar surface area (TPSA) is 66.5 Å². The quantitative estimate of drug-likeness (QED) is 0.753. The second-order valence-electron chi connectivity index (χ2n) is 7.88. The van der Waals surface area contributed by atoms with Crippen molar-refractivity contribution in [1.82, 2.24) is 9.62 Å². The summed E-state index contributed by atoms with van der Waals surface area (Å²) in [5, 5.41) is 3.67. The van der Waals surface area contributed by atoms with Crippen LogP contribution in [0.2, 0.25) is 5.02 Å². The highest BCUT2D eigenvalue weighted by atomic mass is 35.5. The standard InChI is InChI=1S/C22H25ClN2O3S/c23-19-6-3-5-18(15-19)22(11-4-12-22)21(26)24-16-17-7-9-20(10-8-17)29(27,28)25-13-1-2-14-25/h3,5-10,15H,1-2,4,11-14,16H2,(H,24,26). The molecule has 0 spiro atoms. The van der Waals surface area contributed by atoms with Crippen molar-refractivity contribution >= 4 is 27.5 Å². The lowest BCUT2D eigenvalue weighted by atomic mass is 9.64. The summed E-state index contributed by atoms with van der Waals surface area (Å²) in [4.78, 5) is 13.3. The maximum Gasteiger partial charge on any atom is 0.243 e. The molecule has 2 fully saturated rings. The zero-order chi connectivity index (χ0) is 20.5. The summed E-state index contributed by atoms with van der Waals surface area (Å²) in [7, 11) is -3.41. The van der Waals surface area contributed by atoms with Gasteiger partial charge in [0.1, 0.15) is 0 Å². The van der Waals surface area contributed by atoms with Crippen molar-refractivity contribution < 1.29 is 13.2 Å². The SMILES string of the molecule is O=C(NCc1ccc(S(=O)(=O)N2CCCC2)cc1)C1(c2cccc(Cl)c2)CCC1. The number of nitrogens with one attached hydrogen (secondary N) is 1. The van der Waals surface area contributed by atoms with Crippen molar-refractivity contribution in [1.29, 1.82) is 0 Å². The fraction of sp³-hybridized carbons (Fsp3) is 0.409. The van der Waals surface area contributed by atoms with E-state index in [9.17, 15) is 13.2 Å². The summed E-state index contributed by atoms with van der Waals surface area (Å²) in [6, 6.07) is 14.3. The molecule has 1 aliphatic carbocycles. The Hall–Kier alpha value is -1.89. The summed E-state index contributed by atoms with van der Waals surface area (Å²) >= 11 is 6.12. The number of sulfonamides is 1. The smallest absolute Gasteiger partial charge is 0.243 e. The molecule has 2 aliphatic rings. The molecule has 1 saturated heterocycles. The Balaban J connectivity index is 1.43. The molecule has 1 aliphatic heterocycles. The van der Waals surface area contributed by atoms with Gasteiger partial charge in [-0.05, 0) is 61.1 Å². The van der Waals surface area contributed by atoms with Gasteiger partial charge in [0.2, 0.25) is 15.9 Å². The highest BCUT2D eigenvalue weighted by molar-refractivity contribution is 7.89. The molecule has 1 N–H and O–H groups in total. The zero-order valence-corrected chi connectivity index (χ0v) is 17.8. The Morgan fingerprint density at radius 2 is 1.72 bits per heavy atom. The van der Waals surface area contributed by atoms with E-state index < -0.39 is 15.4 Å². The molecular formula is C22H25ClN2O3S. The fourth-order valence-electron chi connectivity index (χ4n) is 4.17. The molecule has 1 amide bonds. The van der Waals surface area contributed by atoms with Gasteiger partial charge < -0.3 is 5.32 Å². The lowest BCUT2D eigenvalue weighted by Crippen LogP contribution is -2.49. The molecule has 2 aromatic carbocycles. The normalized spacial score (nSPS) is 18.9. The van der Waals surface area contributed by atoms with Crippen molar-refractivity contribution in [3.8, 4) is 0 Å². The van der Waals surface area contributed by atoms with Crippen LogP contribution >= 0.6 is 11.6 Å². The third-order valence-corrected chi connectivity index (χ3v) is 8.25. The first kappa shape index (κ1) is 20.4. The van der Waals surface area contributed by atoms with Crippen molar-refractivity contribution in [3.63, 3.8) is 0 Å². The van der Waals surface area contributed by atoms with Crippen molar-refractivity contribution in [2.75, 3.05) is 13.1 Å². The lowest BCUT2D eigenvalue weighted by molar-refractivity contribution is -0.130. The Labute approximate surface area is 177 Å². The number of benzene rings is 2. The Morgan fingerprint density at radius 1 is 1.03 bits per heavy atom. The maximum absolute atomic E-state index is 13.0. The molecule has 5 nitrogen and oxygen atoms in total. The molecule has 0 unspecified atom stereocenters. The first-order valence-corrected chi connectivity index (χ1v) is 11.9. The molecule has 7 heteroatoms. The van der Waals surface area contributed by atoms with Gasteiger partial charge in [-0.1, -0.05) is 42.3 Å². The molecule has 0 bridgehead atoms. The van der Waals surface area contributed by atoms with E-state index in [1.165, 1.54) is 4.31 Å². The number of amides is 1. The lowest BCUT2D eigenvalue weighted by Gasteiger charge is -2.40. The molecule has 1 saturated carbocycles. The van der Waals surface area contributed by atoms with Crippen LogP contribution in [0.1, 0.15) is 43.2 Å². The minimum Gasteiger partial charge on any atom is -0.351 e. The van der Waals surface area contributed by atoms with E-state index in [-0.39, 0.29) is 5.91 Å². The van der Waals surface area contributed by atoms with Crippen LogP contribution in [-0.2, 0) is 26.8 Å². The Kier molecular flexibility index (Phi) is 5.69. The van der Waals surface area contributed by atoms with E-state index in [1.54, 1.807) is 24.3 Å². The molecule has 0 atom stereocenters. The predicted molar refractivity (Wildman–Crippen MR) is 113 cm³/mol. The molecule has 29 heavy (non-hydrogen) atoms. The van der Waals surface area contributed by atoms with Crippen LogP contribution in [0.25, 0.3) is 0 Å². The molecule has 2 aromatic rings. The van der Waals surface area contributed by atoms with Gasteiger partial charge in [-0.3, -0.25) is 4.79 Å². The summed E-state index contributed by atoms with van der Waals surface area (Å²) < 4.78 is 26.8. The third-order valence-electron chi connectivity index (χ3n) is 6.10. The number of rotatable bonds is 6. The van der Waals surface area contributed by atoms with Crippen LogP contribution < -0.4 is 5.32 Å². The second-order valence-corrected chi connectivity index (χ2v) is 10.3. The number of carbonyl (C=O) groups is 1. The monoisotopic (exact) mass is 432 g/mol. The number of nitrogens with zero attached hydrogens (tertiary/aromatic N) is 1. The van der Waals surface area contributed by atoms with Crippen LogP contribution in [0.5, 0.6) is 0 Å². The summed E-state index contributed by atoms with van der Waals surface area (Å²) in [5.74, 6) is -0.000202. The average molecular weight is 433 g/mol. The third kappa shape index (κ3) is 3.93. The minimum absolute atomic E-state index is 0.000202. The summed E-state index contributed by atoms with van der Waals surface area (Å²) in [6.07, 6.45) is 4.47. The van der Waals surface area contributed by atoms with E-state index >= 15 is 0 Å². The van der Waals surface area contributed by atoms with Crippen LogP contribution in [0, 0.1) is 0 Å². The van der Waals surface area contributed by atoms with Gasteiger partial charge in [0.25, 0.3) is 0 Å².